The first kappa shape index (κ1) is 19.9. The number of rotatable bonds is 4. The van der Waals surface area contributed by atoms with Crippen LogP contribution in [0.1, 0.15) is 73.9 Å². The van der Waals surface area contributed by atoms with Crippen molar-refractivity contribution in [3.8, 4) is 0 Å². The van der Waals surface area contributed by atoms with Crippen molar-refractivity contribution in [1.82, 2.24) is 5.32 Å². The van der Waals surface area contributed by atoms with E-state index in [9.17, 15) is 0 Å². The summed E-state index contributed by atoms with van der Waals surface area (Å²) in [5.74, 6) is 1.10. The zero-order valence-electron chi connectivity index (χ0n) is 18.7. The molecule has 0 atom stereocenters. The molecule has 4 rings (SSSR count). The lowest BCUT2D eigenvalue weighted by molar-refractivity contribution is 0.331. The highest BCUT2D eigenvalue weighted by Crippen LogP contribution is 2.47. The Morgan fingerprint density at radius 1 is 1.00 bits per heavy atom. The highest BCUT2D eigenvalue weighted by molar-refractivity contribution is 5.86. The van der Waals surface area contributed by atoms with Gasteiger partial charge in [-0.05, 0) is 69.5 Å². The largest absolute Gasteiger partial charge is 0.372 e. The normalized spacial score (nSPS) is 19.3. The van der Waals surface area contributed by atoms with Crippen molar-refractivity contribution < 1.29 is 0 Å². The number of nitrogens with zero attached hydrogens (tertiary/aromatic N) is 1. The molecule has 2 heteroatoms. The summed E-state index contributed by atoms with van der Waals surface area (Å²) < 4.78 is 0. The molecule has 0 saturated heterocycles. The minimum atomic E-state index is 0.215. The molecule has 2 aliphatic rings. The predicted octanol–water partition coefficient (Wildman–Crippen LogP) is 5.95. The van der Waals surface area contributed by atoms with E-state index < -0.39 is 0 Å². The minimum Gasteiger partial charge on any atom is -0.372 e. The molecule has 0 fully saturated rings. The van der Waals surface area contributed by atoms with Crippen molar-refractivity contribution in [1.29, 1.82) is 0 Å². The van der Waals surface area contributed by atoms with Crippen LogP contribution in [0.15, 0.2) is 48.0 Å². The average molecular weight is 387 g/mol. The van der Waals surface area contributed by atoms with Gasteiger partial charge in [-0.25, -0.2) is 0 Å². The number of aryl methyl sites for hydroxylation is 1. The van der Waals surface area contributed by atoms with Gasteiger partial charge in [-0.15, -0.1) is 0 Å². The highest BCUT2D eigenvalue weighted by atomic mass is 15.1. The fourth-order valence-corrected chi connectivity index (χ4v) is 4.79. The topological polar surface area (TPSA) is 24.4 Å². The summed E-state index contributed by atoms with van der Waals surface area (Å²) in [5, 5.41) is 3.35. The first-order chi connectivity index (χ1) is 13.7. The first-order valence-electron chi connectivity index (χ1n) is 10.9. The zero-order valence-corrected chi connectivity index (χ0v) is 18.7. The van der Waals surface area contributed by atoms with Crippen molar-refractivity contribution in [2.75, 3.05) is 13.1 Å². The van der Waals surface area contributed by atoms with Crippen LogP contribution < -0.4 is 5.32 Å². The van der Waals surface area contributed by atoms with Crippen LogP contribution in [0, 0.1) is 6.92 Å². The number of aliphatic imine (C=N–C) groups is 1. The van der Waals surface area contributed by atoms with Crippen LogP contribution in [-0.4, -0.2) is 18.9 Å². The lowest BCUT2D eigenvalue weighted by Gasteiger charge is -2.42. The van der Waals surface area contributed by atoms with E-state index in [1.54, 1.807) is 0 Å². The summed E-state index contributed by atoms with van der Waals surface area (Å²) in [6, 6.07) is 13.7. The van der Waals surface area contributed by atoms with Gasteiger partial charge in [0.05, 0.1) is 6.54 Å². The van der Waals surface area contributed by atoms with E-state index in [4.69, 9.17) is 0 Å². The van der Waals surface area contributed by atoms with Gasteiger partial charge in [-0.3, -0.25) is 4.99 Å². The van der Waals surface area contributed by atoms with Crippen molar-refractivity contribution in [2.45, 2.75) is 64.7 Å². The number of hydrogen-bond donors (Lipinski definition) is 1. The number of benzene rings is 2. The predicted molar refractivity (Wildman–Crippen MR) is 125 cm³/mol. The van der Waals surface area contributed by atoms with Crippen LogP contribution in [-0.2, 0) is 17.3 Å². The number of amidine groups is 1. The smallest absolute Gasteiger partial charge is 0.101 e. The Kier molecular flexibility index (Phi) is 4.93. The Labute approximate surface area is 176 Å². The van der Waals surface area contributed by atoms with E-state index in [2.05, 4.69) is 87.9 Å². The van der Waals surface area contributed by atoms with E-state index in [1.165, 1.54) is 46.2 Å². The molecule has 1 N–H and O–H groups in total. The lowest BCUT2D eigenvalue weighted by Crippen LogP contribution is -2.34. The van der Waals surface area contributed by atoms with Crippen molar-refractivity contribution >= 4 is 11.4 Å². The fraction of sp³-hybridized carbons (Fsp3) is 0.444. The minimum absolute atomic E-state index is 0.215. The third kappa shape index (κ3) is 3.77. The molecule has 2 nitrogen and oxygen atoms in total. The maximum Gasteiger partial charge on any atom is 0.101 e. The van der Waals surface area contributed by atoms with E-state index in [-0.39, 0.29) is 10.8 Å². The second-order valence-electron chi connectivity index (χ2n) is 10.1. The van der Waals surface area contributed by atoms with Gasteiger partial charge in [-0.2, -0.15) is 0 Å². The van der Waals surface area contributed by atoms with Gasteiger partial charge in [0.1, 0.15) is 5.84 Å². The molecule has 0 spiro atoms. The lowest BCUT2D eigenvalue weighted by atomic mass is 9.62. The molecule has 0 unspecified atom stereocenters. The average Bonchev–Trinajstić information content (AvgIpc) is 3.18. The zero-order chi connectivity index (χ0) is 20.8. The summed E-state index contributed by atoms with van der Waals surface area (Å²) in [6.45, 7) is 18.1. The summed E-state index contributed by atoms with van der Waals surface area (Å²) in [4.78, 5) is 4.50. The van der Waals surface area contributed by atoms with Crippen molar-refractivity contribution in [2.24, 2.45) is 4.99 Å². The molecular formula is C27H34N2. The standard InChI is InChI=1S/C27H34N2/c1-18-15-23-24(27(5,6)12-11-26(23,3)4)17-22(18)19(2)21-9-7-20(8-10-21)16-25-28-13-14-29-25/h7-10,15,17H,2,11-14,16H2,1,3-6H3,(H,28,29). The number of nitrogens with one attached hydrogen (secondary N) is 1. The van der Waals surface area contributed by atoms with Crippen molar-refractivity contribution in [3.05, 3.63) is 76.4 Å². The van der Waals surface area contributed by atoms with Crippen molar-refractivity contribution in [3.63, 3.8) is 0 Å². The molecule has 0 bridgehead atoms. The third-order valence-electron chi connectivity index (χ3n) is 6.94. The molecule has 1 aliphatic carbocycles. The molecule has 29 heavy (non-hydrogen) atoms. The Hall–Kier alpha value is -2.35. The molecule has 0 aromatic heterocycles. The molecule has 1 aliphatic heterocycles. The van der Waals surface area contributed by atoms with Gasteiger partial charge in [0.2, 0.25) is 0 Å². The van der Waals surface area contributed by atoms with Gasteiger partial charge in [-0.1, -0.05) is 70.7 Å². The van der Waals surface area contributed by atoms with Gasteiger partial charge < -0.3 is 5.32 Å². The van der Waals surface area contributed by atoms with Crippen LogP contribution in [0.5, 0.6) is 0 Å². The van der Waals surface area contributed by atoms with Gasteiger partial charge in [0.25, 0.3) is 0 Å². The second kappa shape index (κ2) is 7.16. The molecule has 152 valence electrons. The summed E-state index contributed by atoms with van der Waals surface area (Å²) in [6.07, 6.45) is 3.36. The molecule has 0 amide bonds. The SMILES string of the molecule is C=C(c1ccc(CC2=NCCN2)cc1)c1cc2c(cc1C)C(C)(C)CCC2(C)C. The summed E-state index contributed by atoms with van der Waals surface area (Å²) >= 11 is 0. The third-order valence-corrected chi connectivity index (χ3v) is 6.94. The molecule has 2 aromatic rings. The molecule has 0 radical (unpaired) electrons. The molecule has 1 heterocycles. The van der Waals surface area contributed by atoms with Crippen LogP contribution in [0.3, 0.4) is 0 Å². The van der Waals surface area contributed by atoms with Crippen LogP contribution in [0.4, 0.5) is 0 Å². The monoisotopic (exact) mass is 386 g/mol. The Morgan fingerprint density at radius 3 is 2.21 bits per heavy atom. The fourth-order valence-electron chi connectivity index (χ4n) is 4.79. The Balaban J connectivity index is 1.65. The summed E-state index contributed by atoms with van der Waals surface area (Å²) in [5.41, 5.74) is 9.69. The Morgan fingerprint density at radius 2 is 1.62 bits per heavy atom. The number of hydrogen-bond acceptors (Lipinski definition) is 2. The highest BCUT2D eigenvalue weighted by Gasteiger charge is 2.37. The van der Waals surface area contributed by atoms with Crippen LogP contribution >= 0.6 is 0 Å². The van der Waals surface area contributed by atoms with E-state index in [0.29, 0.717) is 0 Å². The van der Waals surface area contributed by atoms with E-state index in [1.807, 2.05) is 0 Å². The summed E-state index contributed by atoms with van der Waals surface area (Å²) in [7, 11) is 0. The van der Waals surface area contributed by atoms with Gasteiger partial charge in [0, 0.05) is 13.0 Å². The maximum absolute atomic E-state index is 4.50. The van der Waals surface area contributed by atoms with E-state index >= 15 is 0 Å². The molecule has 2 aromatic carbocycles. The Bertz CT molecular complexity index is 974. The number of fused-ring (bicyclic) bond motifs is 1. The quantitative estimate of drug-likeness (QED) is 0.690. The first-order valence-corrected chi connectivity index (χ1v) is 10.9. The second-order valence-corrected chi connectivity index (χ2v) is 10.1. The van der Waals surface area contributed by atoms with Crippen LogP contribution in [0.25, 0.3) is 5.57 Å². The van der Waals surface area contributed by atoms with Gasteiger partial charge in [0.15, 0.2) is 0 Å². The van der Waals surface area contributed by atoms with Gasteiger partial charge >= 0.3 is 0 Å². The maximum atomic E-state index is 4.50. The molecular weight excluding hydrogens is 352 g/mol. The van der Waals surface area contributed by atoms with Crippen LogP contribution in [0.2, 0.25) is 0 Å². The van der Waals surface area contributed by atoms with E-state index in [0.717, 1.165) is 30.9 Å². The molecule has 0 saturated carbocycles.